The number of rotatable bonds is 5. The zero-order chi connectivity index (χ0) is 13.1. The van der Waals surface area contributed by atoms with Crippen molar-refractivity contribution in [1.29, 1.82) is 0 Å². The maximum Gasteiger partial charge on any atom is 0.235 e. The molecule has 0 heterocycles. The normalized spacial score (nSPS) is 11.8. The van der Waals surface area contributed by atoms with Crippen LogP contribution in [0.1, 0.15) is 20.8 Å². The Morgan fingerprint density at radius 2 is 1.88 bits per heavy atom. The Kier molecular flexibility index (Phi) is 4.40. The van der Waals surface area contributed by atoms with Crippen molar-refractivity contribution in [3.8, 4) is 0 Å². The Balaban J connectivity index is 3.13. The van der Waals surface area contributed by atoms with Gasteiger partial charge in [0.1, 0.15) is 0 Å². The molecule has 0 radical (unpaired) electrons. The maximum absolute atomic E-state index is 12.2. The quantitative estimate of drug-likeness (QED) is 0.820. The number of nitrogens with two attached hydrogens (primary N) is 1. The van der Waals surface area contributed by atoms with Gasteiger partial charge in [-0.2, -0.15) is 0 Å². The molecule has 0 unspecified atom stereocenters. The summed E-state index contributed by atoms with van der Waals surface area (Å²) >= 11 is 0. The van der Waals surface area contributed by atoms with Crippen LogP contribution in [0.15, 0.2) is 24.3 Å². The Labute approximate surface area is 103 Å². The van der Waals surface area contributed by atoms with Crippen molar-refractivity contribution in [3.63, 3.8) is 0 Å². The van der Waals surface area contributed by atoms with Gasteiger partial charge in [0.05, 0.1) is 17.1 Å². The average molecular weight is 256 g/mol. The number of sulfonamides is 1. The summed E-state index contributed by atoms with van der Waals surface area (Å²) in [5, 5.41) is 0. The third kappa shape index (κ3) is 3.36. The Bertz CT molecular complexity index is 469. The molecule has 96 valence electrons. The van der Waals surface area contributed by atoms with E-state index in [0.717, 1.165) is 0 Å². The van der Waals surface area contributed by atoms with Gasteiger partial charge in [-0.1, -0.05) is 26.0 Å². The number of nitrogen functional groups attached to an aromatic ring is 1. The number of nitrogens with zero attached hydrogens (tertiary/aromatic N) is 1. The molecule has 1 aromatic rings. The third-order valence-corrected chi connectivity index (χ3v) is 4.59. The van der Waals surface area contributed by atoms with Crippen LogP contribution in [0, 0.1) is 5.92 Å². The predicted molar refractivity (Wildman–Crippen MR) is 72.5 cm³/mol. The predicted octanol–water partition coefficient (Wildman–Crippen LogP) is 2.08. The molecular formula is C12H20N2O2S. The van der Waals surface area contributed by atoms with Gasteiger partial charge in [0, 0.05) is 6.54 Å². The molecule has 4 nitrogen and oxygen atoms in total. The zero-order valence-electron chi connectivity index (χ0n) is 10.6. The van der Waals surface area contributed by atoms with Crippen LogP contribution >= 0.6 is 0 Å². The number of benzene rings is 1. The molecule has 17 heavy (non-hydrogen) atoms. The molecule has 0 saturated heterocycles. The van der Waals surface area contributed by atoms with E-state index in [1.54, 1.807) is 24.3 Å². The van der Waals surface area contributed by atoms with E-state index in [0.29, 0.717) is 17.9 Å². The first kappa shape index (κ1) is 13.8. The van der Waals surface area contributed by atoms with Gasteiger partial charge in [-0.05, 0) is 25.0 Å². The fourth-order valence-corrected chi connectivity index (χ4v) is 3.62. The van der Waals surface area contributed by atoms with E-state index in [2.05, 4.69) is 0 Å². The van der Waals surface area contributed by atoms with Crippen LogP contribution < -0.4 is 10.0 Å². The maximum atomic E-state index is 12.2. The molecule has 0 aliphatic heterocycles. The Hall–Kier alpha value is -1.23. The van der Waals surface area contributed by atoms with Crippen molar-refractivity contribution in [3.05, 3.63) is 24.3 Å². The van der Waals surface area contributed by atoms with Crippen LogP contribution in [0.5, 0.6) is 0 Å². The molecular weight excluding hydrogens is 236 g/mol. The lowest BCUT2D eigenvalue weighted by atomic mass is 10.3. The van der Waals surface area contributed by atoms with Gasteiger partial charge in [-0.15, -0.1) is 0 Å². The first-order valence-electron chi connectivity index (χ1n) is 5.73. The monoisotopic (exact) mass is 256 g/mol. The van der Waals surface area contributed by atoms with E-state index in [-0.39, 0.29) is 11.7 Å². The fourth-order valence-electron chi connectivity index (χ4n) is 1.74. The Morgan fingerprint density at radius 1 is 1.29 bits per heavy atom. The molecule has 1 rings (SSSR count). The highest BCUT2D eigenvalue weighted by Gasteiger charge is 2.23. The van der Waals surface area contributed by atoms with Gasteiger partial charge in [0.2, 0.25) is 10.0 Å². The summed E-state index contributed by atoms with van der Waals surface area (Å²) in [6.07, 6.45) is 0. The molecule has 0 aliphatic rings. The highest BCUT2D eigenvalue weighted by atomic mass is 32.2. The minimum Gasteiger partial charge on any atom is -0.397 e. The fraction of sp³-hybridized carbons (Fsp3) is 0.500. The first-order valence-corrected chi connectivity index (χ1v) is 7.34. The third-order valence-electron chi connectivity index (χ3n) is 2.37. The number of para-hydroxylation sites is 2. The molecule has 1 aromatic carbocycles. The van der Waals surface area contributed by atoms with Gasteiger partial charge < -0.3 is 5.73 Å². The Morgan fingerprint density at radius 3 is 2.35 bits per heavy atom. The molecule has 2 N–H and O–H groups in total. The summed E-state index contributed by atoms with van der Waals surface area (Å²) in [6, 6.07) is 7.03. The average Bonchev–Trinajstić information content (AvgIpc) is 2.19. The molecule has 0 aliphatic carbocycles. The number of hydrogen-bond donors (Lipinski definition) is 1. The van der Waals surface area contributed by atoms with E-state index in [1.165, 1.54) is 4.31 Å². The molecule has 0 atom stereocenters. The van der Waals surface area contributed by atoms with Crippen LogP contribution in [0.3, 0.4) is 0 Å². The van der Waals surface area contributed by atoms with E-state index < -0.39 is 10.0 Å². The summed E-state index contributed by atoms with van der Waals surface area (Å²) in [7, 11) is -3.29. The van der Waals surface area contributed by atoms with E-state index in [1.807, 2.05) is 20.8 Å². The second-order valence-electron chi connectivity index (χ2n) is 4.40. The van der Waals surface area contributed by atoms with Gasteiger partial charge in [0.25, 0.3) is 0 Å². The topological polar surface area (TPSA) is 63.4 Å². The molecule has 5 heteroatoms. The molecule has 0 bridgehead atoms. The van der Waals surface area contributed by atoms with Gasteiger partial charge in [-0.3, -0.25) is 4.31 Å². The molecule has 0 saturated carbocycles. The second-order valence-corrected chi connectivity index (χ2v) is 6.33. The van der Waals surface area contributed by atoms with Gasteiger partial charge in [0.15, 0.2) is 0 Å². The summed E-state index contributed by atoms with van der Waals surface area (Å²) in [6.45, 7) is 5.98. The standard InChI is InChI=1S/C12H20N2O2S/c1-4-14(17(15,16)9-10(2)3)12-8-6-5-7-11(12)13/h5-8,10H,4,9,13H2,1-3H3. The zero-order valence-corrected chi connectivity index (χ0v) is 11.4. The summed E-state index contributed by atoms with van der Waals surface area (Å²) in [5.41, 5.74) is 6.87. The SMILES string of the molecule is CCN(c1ccccc1N)S(=O)(=O)CC(C)C. The first-order chi connectivity index (χ1) is 7.88. The van der Waals surface area contributed by atoms with Crippen LogP contribution in [0.4, 0.5) is 11.4 Å². The van der Waals surface area contributed by atoms with E-state index in [9.17, 15) is 8.42 Å². The van der Waals surface area contributed by atoms with Crippen molar-refractivity contribution in [2.45, 2.75) is 20.8 Å². The molecule has 0 amide bonds. The molecule has 0 fully saturated rings. The van der Waals surface area contributed by atoms with Crippen molar-refractivity contribution in [1.82, 2.24) is 0 Å². The number of anilines is 2. The molecule has 0 aromatic heterocycles. The minimum atomic E-state index is -3.29. The van der Waals surface area contributed by atoms with Crippen LogP contribution in [-0.2, 0) is 10.0 Å². The summed E-state index contributed by atoms with van der Waals surface area (Å²) < 4.78 is 25.8. The van der Waals surface area contributed by atoms with Crippen LogP contribution in [0.2, 0.25) is 0 Å². The minimum absolute atomic E-state index is 0.0963. The van der Waals surface area contributed by atoms with E-state index in [4.69, 9.17) is 5.73 Å². The smallest absolute Gasteiger partial charge is 0.235 e. The van der Waals surface area contributed by atoms with E-state index >= 15 is 0 Å². The van der Waals surface area contributed by atoms with Crippen molar-refractivity contribution in [2.24, 2.45) is 5.92 Å². The lowest BCUT2D eigenvalue weighted by Gasteiger charge is -2.25. The molecule has 0 spiro atoms. The number of hydrogen-bond acceptors (Lipinski definition) is 3. The highest BCUT2D eigenvalue weighted by molar-refractivity contribution is 7.92. The highest BCUT2D eigenvalue weighted by Crippen LogP contribution is 2.25. The van der Waals surface area contributed by atoms with Crippen molar-refractivity contribution < 1.29 is 8.42 Å². The van der Waals surface area contributed by atoms with Crippen molar-refractivity contribution in [2.75, 3.05) is 22.3 Å². The largest absolute Gasteiger partial charge is 0.397 e. The van der Waals surface area contributed by atoms with Crippen LogP contribution in [0.25, 0.3) is 0 Å². The van der Waals surface area contributed by atoms with Gasteiger partial charge >= 0.3 is 0 Å². The van der Waals surface area contributed by atoms with Crippen LogP contribution in [-0.4, -0.2) is 20.7 Å². The second kappa shape index (κ2) is 5.40. The lowest BCUT2D eigenvalue weighted by molar-refractivity contribution is 0.578. The summed E-state index contributed by atoms with van der Waals surface area (Å²) in [4.78, 5) is 0. The summed E-state index contributed by atoms with van der Waals surface area (Å²) in [5.74, 6) is 0.230. The van der Waals surface area contributed by atoms with Crippen molar-refractivity contribution >= 4 is 21.4 Å². The van der Waals surface area contributed by atoms with Gasteiger partial charge in [-0.25, -0.2) is 8.42 Å². The lowest BCUT2D eigenvalue weighted by Crippen LogP contribution is -2.34.